The Hall–Kier alpha value is -1.09. The standard InChI is InChI=1S/C19H31N3/c1-15(2)22-12-8-5-9-18(22)17-13-16(3)19(20-14-17)21-10-6-4-7-11-21/h13-15,18H,4-12H2,1-3H3. The molecule has 122 valence electrons. The third kappa shape index (κ3) is 3.29. The fraction of sp³-hybridized carbons (Fsp3) is 0.737. The third-order valence-electron chi connectivity index (χ3n) is 5.32. The Morgan fingerprint density at radius 1 is 1.05 bits per heavy atom. The fourth-order valence-corrected chi connectivity index (χ4v) is 4.14. The maximum absolute atomic E-state index is 4.87. The number of rotatable bonds is 3. The second-order valence-corrected chi connectivity index (χ2v) is 7.30. The minimum absolute atomic E-state index is 0.565. The van der Waals surface area contributed by atoms with Crippen LogP contribution in [0.5, 0.6) is 0 Å². The van der Waals surface area contributed by atoms with Crippen molar-refractivity contribution in [2.45, 2.75) is 71.4 Å². The van der Waals surface area contributed by atoms with Crippen molar-refractivity contribution in [1.82, 2.24) is 9.88 Å². The van der Waals surface area contributed by atoms with E-state index < -0.39 is 0 Å². The molecule has 0 saturated carbocycles. The van der Waals surface area contributed by atoms with Gasteiger partial charge >= 0.3 is 0 Å². The Balaban J connectivity index is 1.81. The Bertz CT molecular complexity index is 491. The lowest BCUT2D eigenvalue weighted by atomic mass is 9.94. The molecule has 2 fully saturated rings. The first-order valence-corrected chi connectivity index (χ1v) is 9.14. The van der Waals surface area contributed by atoms with Crippen molar-refractivity contribution >= 4 is 5.82 Å². The maximum Gasteiger partial charge on any atom is 0.131 e. The number of nitrogens with zero attached hydrogens (tertiary/aromatic N) is 3. The number of anilines is 1. The molecule has 0 spiro atoms. The number of aromatic nitrogens is 1. The van der Waals surface area contributed by atoms with Gasteiger partial charge in [-0.3, -0.25) is 4.90 Å². The van der Waals surface area contributed by atoms with Gasteiger partial charge in [-0.1, -0.05) is 6.42 Å². The molecule has 1 aromatic heterocycles. The Morgan fingerprint density at radius 2 is 1.77 bits per heavy atom. The molecule has 0 aromatic carbocycles. The number of likely N-dealkylation sites (tertiary alicyclic amines) is 1. The van der Waals surface area contributed by atoms with Crippen LogP contribution in [0.4, 0.5) is 5.82 Å². The molecular formula is C19H31N3. The van der Waals surface area contributed by atoms with E-state index in [-0.39, 0.29) is 0 Å². The molecule has 3 heterocycles. The molecule has 1 unspecified atom stereocenters. The van der Waals surface area contributed by atoms with Gasteiger partial charge in [0.2, 0.25) is 0 Å². The van der Waals surface area contributed by atoms with E-state index in [0.29, 0.717) is 12.1 Å². The average molecular weight is 301 g/mol. The second-order valence-electron chi connectivity index (χ2n) is 7.30. The summed E-state index contributed by atoms with van der Waals surface area (Å²) in [5, 5.41) is 0. The summed E-state index contributed by atoms with van der Waals surface area (Å²) >= 11 is 0. The molecule has 2 aliphatic heterocycles. The van der Waals surface area contributed by atoms with Crippen LogP contribution in [0.3, 0.4) is 0 Å². The van der Waals surface area contributed by atoms with Crippen molar-refractivity contribution in [1.29, 1.82) is 0 Å². The van der Waals surface area contributed by atoms with Crippen LogP contribution < -0.4 is 4.90 Å². The molecule has 22 heavy (non-hydrogen) atoms. The van der Waals surface area contributed by atoms with Crippen LogP contribution in [0.2, 0.25) is 0 Å². The molecule has 1 aromatic rings. The van der Waals surface area contributed by atoms with Gasteiger partial charge in [0, 0.05) is 31.4 Å². The van der Waals surface area contributed by atoms with Gasteiger partial charge in [-0.25, -0.2) is 4.98 Å². The van der Waals surface area contributed by atoms with Crippen molar-refractivity contribution < 1.29 is 0 Å². The van der Waals surface area contributed by atoms with E-state index in [1.165, 1.54) is 75.1 Å². The average Bonchev–Trinajstić information content (AvgIpc) is 2.55. The van der Waals surface area contributed by atoms with Crippen LogP contribution in [0.1, 0.15) is 69.5 Å². The SMILES string of the molecule is Cc1cc(C2CCCCN2C(C)C)cnc1N1CCCCC1. The van der Waals surface area contributed by atoms with Crippen LogP contribution >= 0.6 is 0 Å². The monoisotopic (exact) mass is 301 g/mol. The Labute approximate surface area is 135 Å². The van der Waals surface area contributed by atoms with Gasteiger partial charge in [-0.05, 0) is 76.6 Å². The van der Waals surface area contributed by atoms with E-state index in [1.807, 2.05) is 0 Å². The normalized spacial score (nSPS) is 24.0. The zero-order valence-corrected chi connectivity index (χ0v) is 14.5. The summed E-state index contributed by atoms with van der Waals surface area (Å²) in [6.07, 6.45) is 10.1. The van der Waals surface area contributed by atoms with E-state index in [9.17, 15) is 0 Å². The van der Waals surface area contributed by atoms with Gasteiger partial charge < -0.3 is 4.90 Å². The highest BCUT2D eigenvalue weighted by Crippen LogP contribution is 2.34. The van der Waals surface area contributed by atoms with E-state index in [2.05, 4.69) is 42.8 Å². The number of piperidine rings is 2. The summed E-state index contributed by atoms with van der Waals surface area (Å²) in [6.45, 7) is 10.5. The van der Waals surface area contributed by atoms with Gasteiger partial charge in [-0.15, -0.1) is 0 Å². The van der Waals surface area contributed by atoms with Crippen molar-refractivity contribution in [3.63, 3.8) is 0 Å². The number of aryl methyl sites for hydroxylation is 1. The highest BCUT2D eigenvalue weighted by Gasteiger charge is 2.26. The smallest absolute Gasteiger partial charge is 0.131 e. The molecule has 2 aliphatic rings. The number of hydrogen-bond acceptors (Lipinski definition) is 3. The van der Waals surface area contributed by atoms with Gasteiger partial charge in [0.1, 0.15) is 5.82 Å². The molecule has 1 atom stereocenters. The molecule has 2 saturated heterocycles. The van der Waals surface area contributed by atoms with Crippen LogP contribution in [0, 0.1) is 6.92 Å². The largest absolute Gasteiger partial charge is 0.356 e. The quantitative estimate of drug-likeness (QED) is 0.829. The van der Waals surface area contributed by atoms with E-state index >= 15 is 0 Å². The summed E-state index contributed by atoms with van der Waals surface area (Å²) in [7, 11) is 0. The first kappa shape index (κ1) is 15.8. The molecule has 0 radical (unpaired) electrons. The van der Waals surface area contributed by atoms with Gasteiger partial charge in [0.15, 0.2) is 0 Å². The Kier molecular flexibility index (Phi) is 5.02. The van der Waals surface area contributed by atoms with Gasteiger partial charge in [0.25, 0.3) is 0 Å². The molecular weight excluding hydrogens is 270 g/mol. The lowest BCUT2D eigenvalue weighted by molar-refractivity contribution is 0.112. The number of pyridine rings is 1. The predicted molar refractivity (Wildman–Crippen MR) is 93.5 cm³/mol. The molecule has 3 heteroatoms. The van der Waals surface area contributed by atoms with E-state index in [4.69, 9.17) is 4.98 Å². The molecule has 3 rings (SSSR count). The van der Waals surface area contributed by atoms with Crippen molar-refractivity contribution in [2.75, 3.05) is 24.5 Å². The first-order valence-electron chi connectivity index (χ1n) is 9.14. The summed E-state index contributed by atoms with van der Waals surface area (Å²) in [5.41, 5.74) is 2.78. The van der Waals surface area contributed by atoms with Gasteiger partial charge in [-0.2, -0.15) is 0 Å². The maximum atomic E-state index is 4.87. The molecule has 3 nitrogen and oxygen atoms in total. The van der Waals surface area contributed by atoms with E-state index in [1.54, 1.807) is 0 Å². The first-order chi connectivity index (χ1) is 10.7. The minimum atomic E-state index is 0.565. The van der Waals surface area contributed by atoms with Crippen LogP contribution in [-0.4, -0.2) is 35.6 Å². The Morgan fingerprint density at radius 3 is 2.45 bits per heavy atom. The minimum Gasteiger partial charge on any atom is -0.356 e. The summed E-state index contributed by atoms with van der Waals surface area (Å²) in [4.78, 5) is 10.00. The zero-order valence-electron chi connectivity index (χ0n) is 14.5. The number of hydrogen-bond donors (Lipinski definition) is 0. The second kappa shape index (κ2) is 6.99. The summed E-state index contributed by atoms with van der Waals surface area (Å²) in [6, 6.07) is 3.59. The van der Waals surface area contributed by atoms with Crippen LogP contribution in [0.15, 0.2) is 12.3 Å². The highest BCUT2D eigenvalue weighted by atomic mass is 15.2. The zero-order chi connectivity index (χ0) is 15.5. The van der Waals surface area contributed by atoms with Crippen molar-refractivity contribution in [3.8, 4) is 0 Å². The van der Waals surface area contributed by atoms with E-state index in [0.717, 1.165) is 0 Å². The van der Waals surface area contributed by atoms with Crippen molar-refractivity contribution in [2.24, 2.45) is 0 Å². The third-order valence-corrected chi connectivity index (χ3v) is 5.32. The predicted octanol–water partition coefficient (Wildman–Crippen LogP) is 4.32. The molecule has 0 N–H and O–H groups in total. The highest BCUT2D eigenvalue weighted by molar-refractivity contribution is 5.48. The molecule has 0 amide bonds. The molecule has 0 bridgehead atoms. The van der Waals surface area contributed by atoms with Crippen LogP contribution in [-0.2, 0) is 0 Å². The summed E-state index contributed by atoms with van der Waals surface area (Å²) < 4.78 is 0. The summed E-state index contributed by atoms with van der Waals surface area (Å²) in [5.74, 6) is 1.22. The van der Waals surface area contributed by atoms with Gasteiger partial charge in [0.05, 0.1) is 0 Å². The topological polar surface area (TPSA) is 19.4 Å². The molecule has 0 aliphatic carbocycles. The fourth-order valence-electron chi connectivity index (χ4n) is 4.14. The lowest BCUT2D eigenvalue weighted by Crippen LogP contribution is -2.38. The lowest BCUT2D eigenvalue weighted by Gasteiger charge is -2.39. The van der Waals surface area contributed by atoms with Crippen LogP contribution in [0.25, 0.3) is 0 Å². The van der Waals surface area contributed by atoms with Crippen molar-refractivity contribution in [3.05, 3.63) is 23.4 Å².